The van der Waals surface area contributed by atoms with Gasteiger partial charge >= 0.3 is 0 Å². The van der Waals surface area contributed by atoms with Crippen molar-refractivity contribution in [3.8, 4) is 0 Å². The van der Waals surface area contributed by atoms with Crippen LogP contribution in [0.3, 0.4) is 0 Å². The Morgan fingerprint density at radius 3 is 2.62 bits per heavy atom. The van der Waals surface area contributed by atoms with Gasteiger partial charge in [0.05, 0.1) is 5.69 Å². The lowest BCUT2D eigenvalue weighted by Crippen LogP contribution is -2.12. The number of nitrogens with zero attached hydrogens (tertiary/aromatic N) is 3. The molecule has 84 valence electrons. The number of hydrogen-bond acceptors (Lipinski definition) is 3. The highest BCUT2D eigenvalue weighted by atomic mass is 15.2. The van der Waals surface area contributed by atoms with E-state index in [-0.39, 0.29) is 0 Å². The Morgan fingerprint density at radius 1 is 1.25 bits per heavy atom. The zero-order valence-electron chi connectivity index (χ0n) is 9.64. The summed E-state index contributed by atoms with van der Waals surface area (Å²) in [6, 6.07) is 4.03. The minimum atomic E-state index is 0.849. The van der Waals surface area contributed by atoms with Crippen molar-refractivity contribution in [2.24, 2.45) is 7.05 Å². The molecule has 1 N–H and O–H groups in total. The van der Waals surface area contributed by atoms with Crippen molar-refractivity contribution in [3.05, 3.63) is 47.5 Å². The molecule has 0 saturated heterocycles. The molecule has 0 bridgehead atoms. The van der Waals surface area contributed by atoms with Crippen LogP contribution in [0.2, 0.25) is 0 Å². The van der Waals surface area contributed by atoms with E-state index in [1.54, 1.807) is 0 Å². The van der Waals surface area contributed by atoms with E-state index in [0.29, 0.717) is 0 Å². The Morgan fingerprint density at radius 2 is 2.00 bits per heavy atom. The van der Waals surface area contributed by atoms with Crippen LogP contribution in [-0.2, 0) is 20.1 Å². The van der Waals surface area contributed by atoms with Crippen LogP contribution in [0.25, 0.3) is 0 Å². The van der Waals surface area contributed by atoms with Crippen LogP contribution in [0.5, 0.6) is 0 Å². The molecule has 0 aliphatic heterocycles. The average Bonchev–Trinajstić information content (AvgIpc) is 2.59. The van der Waals surface area contributed by atoms with Crippen molar-refractivity contribution in [2.75, 3.05) is 0 Å². The van der Waals surface area contributed by atoms with Crippen LogP contribution in [0.15, 0.2) is 30.7 Å². The lowest BCUT2D eigenvalue weighted by molar-refractivity contribution is 0.689. The maximum Gasteiger partial charge on any atom is 0.0638 e. The van der Waals surface area contributed by atoms with Gasteiger partial charge in [0, 0.05) is 44.3 Å². The van der Waals surface area contributed by atoms with E-state index in [1.165, 1.54) is 11.1 Å². The molecule has 2 rings (SSSR count). The standard InChI is InChI=1S/C12H16N4/c1-10-12(9-16(2)15-10)8-14-7-11-3-5-13-6-4-11/h3-6,9,14H,7-8H2,1-2H3. The third kappa shape index (κ3) is 2.67. The summed E-state index contributed by atoms with van der Waals surface area (Å²) < 4.78 is 1.85. The Hall–Kier alpha value is -1.68. The minimum Gasteiger partial charge on any atom is -0.308 e. The van der Waals surface area contributed by atoms with Gasteiger partial charge in [-0.05, 0) is 24.6 Å². The number of hydrogen-bond donors (Lipinski definition) is 1. The van der Waals surface area contributed by atoms with Gasteiger partial charge in [-0.15, -0.1) is 0 Å². The maximum absolute atomic E-state index is 4.30. The largest absolute Gasteiger partial charge is 0.308 e. The van der Waals surface area contributed by atoms with E-state index in [4.69, 9.17) is 0 Å². The predicted octanol–water partition coefficient (Wildman–Crippen LogP) is 1.41. The Kier molecular flexibility index (Phi) is 3.31. The highest BCUT2D eigenvalue weighted by Crippen LogP contribution is 2.04. The van der Waals surface area contributed by atoms with Gasteiger partial charge in [-0.25, -0.2) is 0 Å². The van der Waals surface area contributed by atoms with E-state index in [2.05, 4.69) is 21.6 Å². The van der Waals surface area contributed by atoms with E-state index in [1.807, 2.05) is 43.2 Å². The monoisotopic (exact) mass is 216 g/mol. The van der Waals surface area contributed by atoms with Crippen molar-refractivity contribution >= 4 is 0 Å². The van der Waals surface area contributed by atoms with E-state index >= 15 is 0 Å². The molecule has 2 heterocycles. The lowest BCUT2D eigenvalue weighted by atomic mass is 10.2. The fraction of sp³-hybridized carbons (Fsp3) is 0.333. The molecule has 0 aliphatic rings. The average molecular weight is 216 g/mol. The molecule has 0 amide bonds. The Bertz CT molecular complexity index is 447. The van der Waals surface area contributed by atoms with Crippen molar-refractivity contribution in [2.45, 2.75) is 20.0 Å². The van der Waals surface area contributed by atoms with Gasteiger partial charge in [0.15, 0.2) is 0 Å². The van der Waals surface area contributed by atoms with Crippen LogP contribution in [-0.4, -0.2) is 14.8 Å². The third-order valence-corrected chi connectivity index (χ3v) is 2.51. The molecule has 0 unspecified atom stereocenters. The molecule has 2 aromatic heterocycles. The molecular weight excluding hydrogens is 200 g/mol. The summed E-state index contributed by atoms with van der Waals surface area (Å²) in [6.07, 6.45) is 5.67. The SMILES string of the molecule is Cc1nn(C)cc1CNCc1ccncc1. The molecule has 4 nitrogen and oxygen atoms in total. The van der Waals surface area contributed by atoms with Gasteiger partial charge in [-0.1, -0.05) is 0 Å². The van der Waals surface area contributed by atoms with Gasteiger partial charge in [0.25, 0.3) is 0 Å². The molecule has 0 atom stereocenters. The Labute approximate surface area is 95.3 Å². The molecular formula is C12H16N4. The molecule has 0 spiro atoms. The van der Waals surface area contributed by atoms with Gasteiger partial charge in [-0.2, -0.15) is 5.10 Å². The van der Waals surface area contributed by atoms with Crippen LogP contribution >= 0.6 is 0 Å². The normalized spacial score (nSPS) is 10.6. The number of aromatic nitrogens is 3. The van der Waals surface area contributed by atoms with Gasteiger partial charge < -0.3 is 5.32 Å². The molecule has 0 aliphatic carbocycles. The van der Waals surface area contributed by atoms with E-state index in [0.717, 1.165) is 18.8 Å². The quantitative estimate of drug-likeness (QED) is 0.840. The molecule has 4 heteroatoms. The van der Waals surface area contributed by atoms with Crippen molar-refractivity contribution in [1.82, 2.24) is 20.1 Å². The second kappa shape index (κ2) is 4.90. The smallest absolute Gasteiger partial charge is 0.0638 e. The summed E-state index contributed by atoms with van der Waals surface area (Å²) in [4.78, 5) is 3.99. The summed E-state index contributed by atoms with van der Waals surface area (Å²) in [5.41, 5.74) is 3.58. The summed E-state index contributed by atoms with van der Waals surface area (Å²) in [7, 11) is 1.94. The maximum atomic E-state index is 4.30. The highest BCUT2D eigenvalue weighted by molar-refractivity contribution is 5.15. The van der Waals surface area contributed by atoms with Crippen molar-refractivity contribution in [1.29, 1.82) is 0 Å². The lowest BCUT2D eigenvalue weighted by Gasteiger charge is -2.03. The summed E-state index contributed by atoms with van der Waals surface area (Å²) in [6.45, 7) is 3.74. The summed E-state index contributed by atoms with van der Waals surface area (Å²) in [5, 5.41) is 7.69. The van der Waals surface area contributed by atoms with E-state index in [9.17, 15) is 0 Å². The Balaban J connectivity index is 1.87. The second-order valence-electron chi connectivity index (χ2n) is 3.87. The first-order valence-electron chi connectivity index (χ1n) is 5.34. The van der Waals surface area contributed by atoms with Crippen LogP contribution in [0.4, 0.5) is 0 Å². The topological polar surface area (TPSA) is 42.7 Å². The number of aryl methyl sites for hydroxylation is 2. The first-order chi connectivity index (χ1) is 7.75. The first kappa shape index (κ1) is 10.8. The predicted molar refractivity (Wildman–Crippen MR) is 62.7 cm³/mol. The second-order valence-corrected chi connectivity index (χ2v) is 3.87. The fourth-order valence-electron chi connectivity index (χ4n) is 1.66. The molecule has 0 radical (unpaired) electrons. The van der Waals surface area contributed by atoms with Gasteiger partial charge in [0.1, 0.15) is 0 Å². The van der Waals surface area contributed by atoms with Gasteiger partial charge in [0.2, 0.25) is 0 Å². The first-order valence-corrected chi connectivity index (χ1v) is 5.34. The summed E-state index contributed by atoms with van der Waals surface area (Å²) >= 11 is 0. The zero-order chi connectivity index (χ0) is 11.4. The van der Waals surface area contributed by atoms with E-state index < -0.39 is 0 Å². The minimum absolute atomic E-state index is 0.849. The van der Waals surface area contributed by atoms with Gasteiger partial charge in [-0.3, -0.25) is 9.67 Å². The number of nitrogens with one attached hydrogen (secondary N) is 1. The molecule has 0 fully saturated rings. The van der Waals surface area contributed by atoms with Crippen molar-refractivity contribution in [3.63, 3.8) is 0 Å². The molecule has 0 aromatic carbocycles. The van der Waals surface area contributed by atoms with Crippen LogP contribution < -0.4 is 5.32 Å². The third-order valence-electron chi connectivity index (χ3n) is 2.51. The molecule has 16 heavy (non-hydrogen) atoms. The van der Waals surface area contributed by atoms with Crippen LogP contribution in [0.1, 0.15) is 16.8 Å². The van der Waals surface area contributed by atoms with Crippen molar-refractivity contribution < 1.29 is 0 Å². The fourth-order valence-corrected chi connectivity index (χ4v) is 1.66. The zero-order valence-corrected chi connectivity index (χ0v) is 9.64. The number of pyridine rings is 1. The molecule has 0 saturated carbocycles. The molecule has 2 aromatic rings. The van der Waals surface area contributed by atoms with Crippen LogP contribution in [0, 0.1) is 6.92 Å². The highest BCUT2D eigenvalue weighted by Gasteiger charge is 2.01. The number of rotatable bonds is 4. The summed E-state index contributed by atoms with van der Waals surface area (Å²) in [5.74, 6) is 0.